The maximum absolute atomic E-state index is 11.1. The van der Waals surface area contributed by atoms with E-state index in [4.69, 9.17) is 51.1 Å². The summed E-state index contributed by atoms with van der Waals surface area (Å²) in [5.74, 6) is -0.190. The average molecular weight is 1190 g/mol. The molecule has 0 amide bonds. The molecule has 0 bridgehead atoms. The first-order valence-corrected chi connectivity index (χ1v) is 23.6. The van der Waals surface area contributed by atoms with Crippen molar-refractivity contribution in [2.75, 3.05) is 60.7 Å². The molecule has 420 valence electrons. The zero-order valence-electron chi connectivity index (χ0n) is 45.5. The SMILES string of the molecule is CC(=O)c1ccc(O)c(C)c1.COC(=O)CBr.COC(=O)COc1ccc(C(C)=O)cc1C.COC(=O)COc1ccc(O)cc1C.COC(=O)COc1ccc(OC(C)=O)cc1C.C[O-].O=C(OO)c1cccc(Cl)c1.[Na+]. The molecule has 0 saturated carbocycles. The molecule has 0 fully saturated rings. The van der Waals surface area contributed by atoms with Crippen LogP contribution in [0, 0.1) is 27.7 Å². The monoisotopic (exact) mass is 1180 g/mol. The molecule has 0 aliphatic rings. The summed E-state index contributed by atoms with van der Waals surface area (Å²) in [7, 11) is 6.00. The Balaban J connectivity index is -0.000000875. The van der Waals surface area contributed by atoms with Crippen molar-refractivity contribution in [3.63, 3.8) is 0 Å². The van der Waals surface area contributed by atoms with Gasteiger partial charge in [0.05, 0.1) is 34.0 Å². The first-order chi connectivity index (χ1) is 36.3. The number of carbonyl (C=O) groups excluding carboxylic acids is 8. The summed E-state index contributed by atoms with van der Waals surface area (Å²) >= 11 is 8.46. The number of halogens is 2. The van der Waals surface area contributed by atoms with Crippen LogP contribution in [0.2, 0.25) is 5.02 Å². The Hall–Kier alpha value is -7.05. The van der Waals surface area contributed by atoms with Crippen LogP contribution in [0.3, 0.4) is 0 Å². The fourth-order valence-corrected chi connectivity index (χ4v) is 5.44. The number of aryl methyl sites for hydroxylation is 4. The Morgan fingerprint density at radius 1 is 0.526 bits per heavy atom. The number of alkyl halides is 1. The van der Waals surface area contributed by atoms with Crippen molar-refractivity contribution in [1.29, 1.82) is 0 Å². The molecule has 0 heterocycles. The van der Waals surface area contributed by atoms with Crippen molar-refractivity contribution < 1.29 is 131 Å². The fraction of sp³-hybridized carbons (Fsp3) is 0.296. The van der Waals surface area contributed by atoms with Gasteiger partial charge in [0.1, 0.15) is 39.8 Å². The van der Waals surface area contributed by atoms with E-state index in [9.17, 15) is 38.4 Å². The van der Waals surface area contributed by atoms with E-state index in [1.807, 2.05) is 6.92 Å². The third-order valence-corrected chi connectivity index (χ3v) is 9.64. The molecule has 5 aromatic carbocycles. The predicted molar refractivity (Wildman–Crippen MR) is 283 cm³/mol. The molecule has 24 heteroatoms. The Labute approximate surface area is 487 Å². The summed E-state index contributed by atoms with van der Waals surface area (Å²) in [6.07, 6.45) is 0. The number of phenolic OH excluding ortho intramolecular Hbond substituents is 2. The topological polar surface area (TPSA) is 303 Å². The number of Topliss-reactive ketones (excluding diaryl/α,β-unsaturated/α-hetero) is 2. The van der Waals surface area contributed by atoms with Gasteiger partial charge < -0.3 is 53.2 Å². The number of carbonyl (C=O) groups is 8. The minimum Gasteiger partial charge on any atom is -0.857 e. The van der Waals surface area contributed by atoms with Crippen molar-refractivity contribution in [3.8, 4) is 34.5 Å². The molecule has 0 aromatic heterocycles. The van der Waals surface area contributed by atoms with Gasteiger partial charge in [0.15, 0.2) is 31.4 Å². The molecule has 0 atom stereocenters. The zero-order chi connectivity index (χ0) is 59.2. The molecule has 0 aliphatic carbocycles. The van der Waals surface area contributed by atoms with Gasteiger partial charge in [-0.15, -0.1) is 0 Å². The standard InChI is InChI=1S/C12H14O5.C12H14O4.C10H12O4.C9H10O2.C7H5ClO3.C3H5BrO2.CH3O.Na/c1-8-6-10(17-9(2)13)4-5-11(8)16-7-12(14)15-3;1-8-6-10(9(2)13)4-5-11(8)16-7-12(14)15-3;1-7-5-8(11)3-4-9(7)14-6-10(12)13-2;1-6-5-8(7(2)10)3-4-9(6)11;8-6-3-1-2-5(4-6)7(9)11-10;1-6-3(5)2-4;1-2;/h4-6H,7H2,1-3H3;4-6H,7H2,1-3H3;3-5,11H,6H2,1-2H3;3-5,11H,1-2H3;1-4,10H;2H2,1H3;1H3;/q;;;;;;-1;+1. The maximum Gasteiger partial charge on any atom is 1.00 e. The summed E-state index contributed by atoms with van der Waals surface area (Å²) in [6, 6.07) is 25.6. The number of esters is 5. The number of rotatable bonds is 14. The molecule has 5 rings (SSSR count). The number of ether oxygens (including phenoxy) is 8. The maximum atomic E-state index is 11.1. The molecule has 0 saturated heterocycles. The Kier molecular flexibility index (Phi) is 41.4. The van der Waals surface area contributed by atoms with Crippen LogP contribution in [0.25, 0.3) is 0 Å². The Bertz CT molecular complexity index is 2690. The summed E-state index contributed by atoms with van der Waals surface area (Å²) in [4.78, 5) is 89.3. The summed E-state index contributed by atoms with van der Waals surface area (Å²) in [6.45, 7) is 11.1. The number of hydrogen-bond donors (Lipinski definition) is 3. The molecule has 0 aliphatic heterocycles. The van der Waals surface area contributed by atoms with E-state index in [0.717, 1.165) is 29.4 Å². The number of ketones is 2. The number of phenols is 2. The van der Waals surface area contributed by atoms with E-state index in [1.165, 1.54) is 73.5 Å². The number of benzene rings is 5. The second-order valence-electron chi connectivity index (χ2n) is 14.8. The van der Waals surface area contributed by atoms with Crippen LogP contribution in [0.15, 0.2) is 97.1 Å². The van der Waals surface area contributed by atoms with Crippen molar-refractivity contribution in [1.82, 2.24) is 0 Å². The number of aromatic hydroxyl groups is 2. The van der Waals surface area contributed by atoms with Gasteiger partial charge in [0, 0.05) is 23.1 Å². The second-order valence-corrected chi connectivity index (χ2v) is 15.8. The van der Waals surface area contributed by atoms with Gasteiger partial charge in [-0.05, 0) is 155 Å². The third-order valence-electron chi connectivity index (χ3n) is 8.95. The predicted octanol–water partition coefficient (Wildman–Crippen LogP) is 4.88. The van der Waals surface area contributed by atoms with E-state index < -0.39 is 23.9 Å². The molecule has 5 aromatic rings. The van der Waals surface area contributed by atoms with Crippen LogP contribution in [-0.2, 0) is 47.8 Å². The van der Waals surface area contributed by atoms with E-state index in [2.05, 4.69) is 39.8 Å². The summed E-state index contributed by atoms with van der Waals surface area (Å²) in [5.41, 5.74) is 4.58. The molecule has 3 N–H and O–H groups in total. The third kappa shape index (κ3) is 33.2. The Morgan fingerprint density at radius 2 is 0.936 bits per heavy atom. The van der Waals surface area contributed by atoms with Crippen molar-refractivity contribution in [2.45, 2.75) is 48.5 Å². The minimum absolute atomic E-state index is 0. The molecule has 0 radical (unpaired) electrons. The second kappa shape index (κ2) is 43.0. The van der Waals surface area contributed by atoms with Crippen molar-refractivity contribution >= 4 is 74.9 Å². The smallest absolute Gasteiger partial charge is 0.857 e. The molecule has 0 spiro atoms. The van der Waals surface area contributed by atoms with Crippen LogP contribution in [-0.4, -0.2) is 124 Å². The van der Waals surface area contributed by atoms with Gasteiger partial charge >= 0.3 is 65.4 Å². The van der Waals surface area contributed by atoms with Gasteiger partial charge in [-0.1, -0.05) is 33.6 Å². The van der Waals surface area contributed by atoms with E-state index >= 15 is 0 Å². The van der Waals surface area contributed by atoms with Crippen LogP contribution in [0.5, 0.6) is 34.5 Å². The first-order valence-electron chi connectivity index (χ1n) is 22.1. The van der Waals surface area contributed by atoms with E-state index in [-0.39, 0.29) is 95.3 Å². The van der Waals surface area contributed by atoms with Gasteiger partial charge in [0.2, 0.25) is 0 Å². The van der Waals surface area contributed by atoms with Gasteiger partial charge in [0.25, 0.3) is 0 Å². The average Bonchev–Trinajstić information content (AvgIpc) is 3.41. The fourth-order valence-electron chi connectivity index (χ4n) is 5.02. The summed E-state index contributed by atoms with van der Waals surface area (Å²) in [5, 5.41) is 35.2. The van der Waals surface area contributed by atoms with Gasteiger partial charge in [-0.25, -0.2) is 19.2 Å². The summed E-state index contributed by atoms with van der Waals surface area (Å²) < 4.78 is 38.1. The quantitative estimate of drug-likeness (QED) is 0.0195. The largest absolute Gasteiger partial charge is 1.00 e. The van der Waals surface area contributed by atoms with Gasteiger partial charge in [-0.3, -0.25) is 24.1 Å². The normalized spacial score (nSPS) is 9.13. The van der Waals surface area contributed by atoms with Crippen LogP contribution < -0.4 is 53.6 Å². The number of methoxy groups -OCH3 is 4. The van der Waals surface area contributed by atoms with Crippen molar-refractivity contribution in [2.24, 2.45) is 0 Å². The van der Waals surface area contributed by atoms with Crippen LogP contribution in [0.4, 0.5) is 0 Å². The first kappa shape index (κ1) is 75.2. The van der Waals surface area contributed by atoms with Crippen LogP contribution >= 0.6 is 27.5 Å². The molecular formula is C54H63BrClNaO21. The molecule has 78 heavy (non-hydrogen) atoms. The number of hydrogen-bond acceptors (Lipinski definition) is 21. The zero-order valence-corrected chi connectivity index (χ0v) is 49.9. The molecule has 0 unspecified atom stereocenters. The van der Waals surface area contributed by atoms with E-state index in [0.29, 0.717) is 39.1 Å². The molecular weight excluding hydrogens is 1120 g/mol. The Morgan fingerprint density at radius 3 is 1.28 bits per heavy atom. The van der Waals surface area contributed by atoms with E-state index in [1.54, 1.807) is 93.6 Å². The minimum atomic E-state index is -0.813. The molecule has 21 nitrogen and oxygen atoms in total. The van der Waals surface area contributed by atoms with Crippen LogP contribution in [0.1, 0.15) is 74.1 Å². The van der Waals surface area contributed by atoms with Crippen molar-refractivity contribution in [3.05, 3.63) is 141 Å². The van der Waals surface area contributed by atoms with Gasteiger partial charge in [-0.2, -0.15) is 12.4 Å².